The maximum Gasteiger partial charge on any atom is 0.258 e. The van der Waals surface area contributed by atoms with Crippen LogP contribution in [0.4, 0.5) is 0 Å². The van der Waals surface area contributed by atoms with Gasteiger partial charge in [-0.3, -0.25) is 4.79 Å². The number of amides is 1. The highest BCUT2D eigenvalue weighted by atomic mass is 16.5. The molecule has 1 saturated heterocycles. The summed E-state index contributed by atoms with van der Waals surface area (Å²) < 4.78 is 12.4. The van der Waals surface area contributed by atoms with Gasteiger partial charge < -0.3 is 14.2 Å². The van der Waals surface area contributed by atoms with E-state index in [0.717, 1.165) is 29.9 Å². The van der Waals surface area contributed by atoms with Crippen molar-refractivity contribution < 1.29 is 14.1 Å². The first-order valence-electron chi connectivity index (χ1n) is 9.43. The van der Waals surface area contributed by atoms with Gasteiger partial charge in [-0.1, -0.05) is 5.16 Å². The minimum atomic E-state index is -0.0332. The molecule has 5 rings (SSSR count). The van der Waals surface area contributed by atoms with Crippen molar-refractivity contribution in [1.29, 1.82) is 0 Å². The van der Waals surface area contributed by atoms with Crippen molar-refractivity contribution in [2.24, 2.45) is 0 Å². The maximum absolute atomic E-state index is 12.8. The molecule has 3 aromatic rings. The second-order valence-electron chi connectivity index (χ2n) is 7.09. The Morgan fingerprint density at radius 3 is 2.86 bits per heavy atom. The van der Waals surface area contributed by atoms with Gasteiger partial charge >= 0.3 is 0 Å². The van der Waals surface area contributed by atoms with Crippen LogP contribution in [0, 0.1) is 6.92 Å². The number of rotatable bonds is 4. The monoisotopic (exact) mass is 380 g/mol. The minimum absolute atomic E-state index is 0.0332. The predicted molar refractivity (Wildman–Crippen MR) is 98.1 cm³/mol. The summed E-state index contributed by atoms with van der Waals surface area (Å²) in [6.45, 7) is 4.19. The lowest BCUT2D eigenvalue weighted by molar-refractivity contribution is 0.0302. The normalized spacial score (nSPS) is 17.1. The molecule has 1 saturated carbocycles. The number of hydrogen-bond donors (Lipinski definition) is 0. The highest BCUT2D eigenvalue weighted by Gasteiger charge is 2.29. The van der Waals surface area contributed by atoms with Crippen LogP contribution in [-0.4, -0.2) is 62.0 Å². The smallest absolute Gasteiger partial charge is 0.258 e. The molecule has 0 atom stereocenters. The second kappa shape index (κ2) is 6.83. The molecule has 0 aromatic carbocycles. The van der Waals surface area contributed by atoms with Crippen LogP contribution in [0.15, 0.2) is 29.0 Å². The molecule has 0 radical (unpaired) electrons. The van der Waals surface area contributed by atoms with E-state index >= 15 is 0 Å². The number of pyridine rings is 1. The van der Waals surface area contributed by atoms with Gasteiger partial charge in [0.15, 0.2) is 11.6 Å². The molecule has 0 spiro atoms. The lowest BCUT2D eigenvalue weighted by Gasteiger charge is -2.26. The van der Waals surface area contributed by atoms with E-state index in [4.69, 9.17) is 9.26 Å². The van der Waals surface area contributed by atoms with Gasteiger partial charge in [0.2, 0.25) is 0 Å². The van der Waals surface area contributed by atoms with Gasteiger partial charge in [0.05, 0.1) is 30.7 Å². The standard InChI is InChI=1S/C19H20N6O3/c1-12-15(19(26)24-6-8-27-9-7-24)11-21-25(12)16-10-14(4-5-20-16)18-22-17(23-28-18)13-2-3-13/h4-5,10-11,13H,2-3,6-9H2,1H3. The van der Waals surface area contributed by atoms with Gasteiger partial charge in [-0.25, -0.2) is 9.67 Å². The fourth-order valence-electron chi connectivity index (χ4n) is 3.31. The van der Waals surface area contributed by atoms with Crippen molar-refractivity contribution in [2.45, 2.75) is 25.7 Å². The van der Waals surface area contributed by atoms with E-state index in [0.29, 0.717) is 49.5 Å². The molecule has 2 fully saturated rings. The summed E-state index contributed by atoms with van der Waals surface area (Å²) >= 11 is 0. The van der Waals surface area contributed by atoms with E-state index in [1.807, 2.05) is 19.1 Å². The summed E-state index contributed by atoms with van der Waals surface area (Å²) in [5.41, 5.74) is 2.09. The largest absolute Gasteiger partial charge is 0.378 e. The first-order valence-corrected chi connectivity index (χ1v) is 9.43. The molecule has 0 N–H and O–H groups in total. The Kier molecular flexibility index (Phi) is 4.16. The summed E-state index contributed by atoms with van der Waals surface area (Å²) in [5.74, 6) is 2.24. The maximum atomic E-state index is 12.8. The number of aromatic nitrogens is 5. The van der Waals surface area contributed by atoms with Gasteiger partial charge in [-0.15, -0.1) is 0 Å². The summed E-state index contributed by atoms with van der Waals surface area (Å²) in [4.78, 5) is 23.5. The number of morpholine rings is 1. The van der Waals surface area contributed by atoms with Crippen molar-refractivity contribution in [3.63, 3.8) is 0 Å². The van der Waals surface area contributed by atoms with Gasteiger partial charge in [0.1, 0.15) is 0 Å². The minimum Gasteiger partial charge on any atom is -0.378 e. The topological polar surface area (TPSA) is 99.2 Å². The summed E-state index contributed by atoms with van der Waals surface area (Å²) in [6.07, 6.45) is 5.51. The Morgan fingerprint density at radius 1 is 1.25 bits per heavy atom. The van der Waals surface area contributed by atoms with Crippen LogP contribution in [0.1, 0.15) is 40.6 Å². The van der Waals surface area contributed by atoms with E-state index in [1.54, 1.807) is 22.0 Å². The molecule has 0 bridgehead atoms. The number of ether oxygens (including phenoxy) is 1. The van der Waals surface area contributed by atoms with E-state index in [9.17, 15) is 4.79 Å². The van der Waals surface area contributed by atoms with E-state index in [2.05, 4.69) is 20.2 Å². The zero-order valence-electron chi connectivity index (χ0n) is 15.5. The summed E-state index contributed by atoms with van der Waals surface area (Å²) in [6, 6.07) is 3.67. The zero-order valence-corrected chi connectivity index (χ0v) is 15.5. The van der Waals surface area contributed by atoms with Gasteiger partial charge in [0, 0.05) is 30.8 Å². The van der Waals surface area contributed by atoms with Crippen LogP contribution in [-0.2, 0) is 4.74 Å². The second-order valence-corrected chi connectivity index (χ2v) is 7.09. The van der Waals surface area contributed by atoms with Crippen molar-refractivity contribution in [1.82, 2.24) is 29.8 Å². The van der Waals surface area contributed by atoms with Gasteiger partial charge in [0.25, 0.3) is 11.8 Å². The van der Waals surface area contributed by atoms with Gasteiger partial charge in [-0.05, 0) is 31.9 Å². The number of carbonyl (C=O) groups is 1. The third-order valence-electron chi connectivity index (χ3n) is 5.13. The SMILES string of the molecule is Cc1c(C(=O)N2CCOCC2)cnn1-c1cc(-c2nc(C3CC3)no2)ccn1. The Hall–Kier alpha value is -3.07. The molecular weight excluding hydrogens is 360 g/mol. The highest BCUT2D eigenvalue weighted by molar-refractivity contribution is 5.95. The molecule has 0 unspecified atom stereocenters. The first-order chi connectivity index (χ1) is 13.7. The lowest BCUT2D eigenvalue weighted by Crippen LogP contribution is -2.40. The Morgan fingerprint density at radius 2 is 2.07 bits per heavy atom. The molecule has 1 amide bonds. The van der Waals surface area contributed by atoms with Crippen LogP contribution < -0.4 is 0 Å². The Balaban J connectivity index is 1.43. The fraction of sp³-hybridized carbons (Fsp3) is 0.421. The third kappa shape index (κ3) is 3.07. The van der Waals surface area contributed by atoms with Crippen molar-refractivity contribution in [2.75, 3.05) is 26.3 Å². The molecule has 3 aromatic heterocycles. The number of nitrogens with zero attached hydrogens (tertiary/aromatic N) is 6. The van der Waals surface area contributed by atoms with E-state index in [-0.39, 0.29) is 5.91 Å². The third-order valence-corrected chi connectivity index (χ3v) is 5.13. The van der Waals surface area contributed by atoms with Crippen LogP contribution in [0.2, 0.25) is 0 Å². The summed E-state index contributed by atoms with van der Waals surface area (Å²) in [7, 11) is 0. The average Bonchev–Trinajstić information content (AvgIpc) is 3.34. The van der Waals surface area contributed by atoms with Crippen molar-refractivity contribution >= 4 is 5.91 Å². The first kappa shape index (κ1) is 17.1. The Bertz CT molecular complexity index is 1020. The summed E-state index contributed by atoms with van der Waals surface area (Å²) in [5, 5.41) is 8.45. The van der Waals surface area contributed by atoms with Crippen molar-refractivity contribution in [3.05, 3.63) is 41.6 Å². The molecule has 1 aliphatic heterocycles. The predicted octanol–water partition coefficient (Wildman–Crippen LogP) is 1.98. The van der Waals surface area contributed by atoms with Crippen LogP contribution in [0.5, 0.6) is 0 Å². The molecule has 144 valence electrons. The quantitative estimate of drug-likeness (QED) is 0.682. The van der Waals surface area contributed by atoms with E-state index < -0.39 is 0 Å². The molecule has 2 aliphatic rings. The fourth-order valence-corrected chi connectivity index (χ4v) is 3.31. The molecule has 1 aliphatic carbocycles. The van der Waals surface area contributed by atoms with Crippen LogP contribution in [0.25, 0.3) is 17.3 Å². The number of hydrogen-bond acceptors (Lipinski definition) is 7. The average molecular weight is 380 g/mol. The molecular formula is C19H20N6O3. The molecule has 28 heavy (non-hydrogen) atoms. The van der Waals surface area contributed by atoms with Gasteiger partial charge in [-0.2, -0.15) is 10.1 Å². The van der Waals surface area contributed by atoms with Crippen LogP contribution >= 0.6 is 0 Å². The lowest BCUT2D eigenvalue weighted by atomic mass is 10.2. The molecule has 9 heteroatoms. The Labute approximate surface area is 161 Å². The molecule has 9 nitrogen and oxygen atoms in total. The van der Waals surface area contributed by atoms with E-state index in [1.165, 1.54) is 0 Å². The van der Waals surface area contributed by atoms with Crippen molar-refractivity contribution in [3.8, 4) is 17.3 Å². The van der Waals surface area contributed by atoms with Crippen LogP contribution in [0.3, 0.4) is 0 Å². The highest BCUT2D eigenvalue weighted by Crippen LogP contribution is 2.38. The number of carbonyl (C=O) groups excluding carboxylic acids is 1. The zero-order chi connectivity index (χ0) is 19.1. The molecule has 4 heterocycles.